The molecule has 0 aliphatic carbocycles. The molecule has 0 bridgehead atoms. The summed E-state index contributed by atoms with van der Waals surface area (Å²) in [6.07, 6.45) is 0. The summed E-state index contributed by atoms with van der Waals surface area (Å²) in [4.78, 5) is -0.484. The minimum Gasteiger partial charge on any atom is -0.744 e. The zero-order chi connectivity index (χ0) is 38.3. The van der Waals surface area contributed by atoms with Gasteiger partial charge in [0.1, 0.15) is 30.4 Å². The van der Waals surface area contributed by atoms with Crippen molar-refractivity contribution in [1.29, 1.82) is 0 Å². The third-order valence-electron chi connectivity index (χ3n) is 8.93. The maximum Gasteiger partial charge on any atom is 3.00 e. The van der Waals surface area contributed by atoms with Crippen LogP contribution in [-0.4, -0.2) is 38.9 Å². The molecule has 9 rings (SSSR count). The van der Waals surface area contributed by atoms with Gasteiger partial charge in [0.25, 0.3) is 0 Å². The molecule has 9 aromatic rings. The molecule has 0 spiro atoms. The number of hydrogen-bond donors (Lipinski definition) is 0. The first kappa shape index (κ1) is 39.5. The Bertz CT molecular complexity index is 2910. The van der Waals surface area contributed by atoms with Gasteiger partial charge in [-0.15, -0.1) is 0 Å². The van der Waals surface area contributed by atoms with Gasteiger partial charge in [-0.05, 0) is 119 Å². The molecular formula is C42H27FeO9S3. The maximum absolute atomic E-state index is 11.2. The van der Waals surface area contributed by atoms with Gasteiger partial charge >= 0.3 is 17.1 Å². The summed E-state index contributed by atoms with van der Waals surface area (Å²) in [7, 11) is -13.3. The summed E-state index contributed by atoms with van der Waals surface area (Å²) in [6, 6.07) is 48.0. The molecule has 0 fully saturated rings. The van der Waals surface area contributed by atoms with Gasteiger partial charge in [0.05, 0.1) is 14.7 Å². The summed E-state index contributed by atoms with van der Waals surface area (Å²) in [6.45, 7) is 0. The van der Waals surface area contributed by atoms with E-state index in [1.165, 1.54) is 18.2 Å². The van der Waals surface area contributed by atoms with Crippen LogP contribution in [0.1, 0.15) is 0 Å². The molecule has 0 saturated carbocycles. The van der Waals surface area contributed by atoms with Gasteiger partial charge in [-0.1, -0.05) is 109 Å². The molecule has 275 valence electrons. The van der Waals surface area contributed by atoms with Crippen molar-refractivity contribution >= 4 is 95.0 Å². The van der Waals surface area contributed by atoms with Crippen molar-refractivity contribution in [2.24, 2.45) is 0 Å². The van der Waals surface area contributed by atoms with E-state index >= 15 is 0 Å². The van der Waals surface area contributed by atoms with Gasteiger partial charge in [0, 0.05) is 0 Å². The molecule has 0 aromatic heterocycles. The van der Waals surface area contributed by atoms with Crippen LogP contribution in [0.2, 0.25) is 0 Å². The maximum atomic E-state index is 11.2. The van der Waals surface area contributed by atoms with Crippen LogP contribution in [0.15, 0.2) is 178 Å². The van der Waals surface area contributed by atoms with Crippen LogP contribution in [0.4, 0.5) is 0 Å². The minimum atomic E-state index is -4.45. The second-order valence-electron chi connectivity index (χ2n) is 12.4. The third kappa shape index (κ3) is 8.55. The molecule has 0 atom stereocenters. The van der Waals surface area contributed by atoms with Crippen LogP contribution >= 0.6 is 0 Å². The standard InChI is InChI=1S/3C14H10O3S.Fe/c3*15-18(16,17)14-7-3-6-12-8-10-4-1-2-5-11(10)9-13(12)14;/h3*1-9H,(H,15,16,17);/q;;;+3/p-3. The van der Waals surface area contributed by atoms with E-state index in [9.17, 15) is 38.9 Å². The van der Waals surface area contributed by atoms with E-state index in [4.69, 9.17) is 0 Å². The SMILES string of the molecule is O=S(=O)([O-])c1cccc2cc3ccccc3cc12.O=S(=O)([O-])c1cccc2cc3ccccc3cc12.O=S(=O)([O-])c1cccc2cc3ccccc3cc12.[Fe+3]. The number of fused-ring (bicyclic) bond motifs is 6. The molecular weight excluding hydrogens is 800 g/mol. The van der Waals surface area contributed by atoms with Crippen molar-refractivity contribution in [2.45, 2.75) is 14.7 Å². The van der Waals surface area contributed by atoms with Crippen LogP contribution in [0.3, 0.4) is 0 Å². The first-order valence-corrected chi connectivity index (χ1v) is 20.5. The largest absolute Gasteiger partial charge is 3.00 e. The first-order valence-electron chi connectivity index (χ1n) is 16.3. The zero-order valence-electron chi connectivity index (χ0n) is 28.3. The van der Waals surface area contributed by atoms with Crippen molar-refractivity contribution in [1.82, 2.24) is 0 Å². The molecule has 0 unspecified atom stereocenters. The molecule has 55 heavy (non-hydrogen) atoms. The van der Waals surface area contributed by atoms with Crippen molar-refractivity contribution in [3.63, 3.8) is 0 Å². The van der Waals surface area contributed by atoms with Gasteiger partial charge < -0.3 is 13.7 Å². The minimum absolute atomic E-state index is 0. The van der Waals surface area contributed by atoms with Gasteiger partial charge in [-0.25, -0.2) is 25.3 Å². The van der Waals surface area contributed by atoms with Gasteiger partial charge in [-0.3, -0.25) is 0 Å². The van der Waals surface area contributed by atoms with Crippen LogP contribution in [-0.2, 0) is 47.4 Å². The van der Waals surface area contributed by atoms with Crippen molar-refractivity contribution in [3.8, 4) is 0 Å². The van der Waals surface area contributed by atoms with Crippen molar-refractivity contribution in [3.05, 3.63) is 164 Å². The molecule has 1 radical (unpaired) electrons. The second-order valence-corrected chi connectivity index (χ2v) is 16.4. The van der Waals surface area contributed by atoms with E-state index in [-0.39, 0.29) is 31.8 Å². The fraction of sp³-hybridized carbons (Fsp3) is 0. The Morgan fingerprint density at radius 1 is 0.273 bits per heavy atom. The Labute approximate surface area is 327 Å². The summed E-state index contributed by atoms with van der Waals surface area (Å²) < 4.78 is 101. The van der Waals surface area contributed by atoms with Crippen molar-refractivity contribution < 1.29 is 56.0 Å². The number of rotatable bonds is 3. The fourth-order valence-corrected chi connectivity index (χ4v) is 8.54. The molecule has 13 heteroatoms. The fourth-order valence-electron chi connectivity index (χ4n) is 6.47. The Balaban J connectivity index is 0.000000139. The molecule has 0 aliphatic heterocycles. The van der Waals surface area contributed by atoms with E-state index in [0.29, 0.717) is 16.2 Å². The summed E-state index contributed by atoms with van der Waals surface area (Å²) >= 11 is 0. The van der Waals surface area contributed by atoms with Gasteiger partial charge in [0.15, 0.2) is 0 Å². The third-order valence-corrected chi connectivity index (χ3v) is 11.6. The van der Waals surface area contributed by atoms with Gasteiger partial charge in [-0.2, -0.15) is 0 Å². The average molecular weight is 828 g/mol. The zero-order valence-corrected chi connectivity index (χ0v) is 31.9. The van der Waals surface area contributed by atoms with E-state index in [0.717, 1.165) is 48.5 Å². The topological polar surface area (TPSA) is 172 Å². The Morgan fingerprint density at radius 3 is 0.691 bits per heavy atom. The second kappa shape index (κ2) is 15.5. The van der Waals surface area contributed by atoms with Crippen LogP contribution < -0.4 is 0 Å². The molecule has 0 heterocycles. The van der Waals surface area contributed by atoms with Crippen LogP contribution in [0, 0.1) is 0 Å². The molecule has 0 N–H and O–H groups in total. The molecule has 9 aromatic carbocycles. The predicted molar refractivity (Wildman–Crippen MR) is 208 cm³/mol. The Hall–Kier alpha value is -5.21. The molecule has 0 aliphatic rings. The predicted octanol–water partition coefficient (Wildman–Crippen LogP) is 8.69. The van der Waals surface area contributed by atoms with E-state index in [2.05, 4.69) is 0 Å². The van der Waals surface area contributed by atoms with Crippen LogP contribution in [0.5, 0.6) is 0 Å². The molecule has 0 saturated heterocycles. The monoisotopic (exact) mass is 827 g/mol. The summed E-state index contributed by atoms with van der Waals surface area (Å²) in [5, 5.41) is 9.51. The molecule has 0 amide bonds. The average Bonchev–Trinajstić information content (AvgIpc) is 3.14. The number of benzene rings is 9. The first-order chi connectivity index (χ1) is 25.7. The Morgan fingerprint density at radius 2 is 0.473 bits per heavy atom. The van der Waals surface area contributed by atoms with Gasteiger partial charge in [0.2, 0.25) is 0 Å². The smallest absolute Gasteiger partial charge is 0.744 e. The van der Waals surface area contributed by atoms with Crippen molar-refractivity contribution in [2.75, 3.05) is 0 Å². The van der Waals surface area contributed by atoms with E-state index < -0.39 is 30.4 Å². The normalized spacial score (nSPS) is 11.8. The summed E-state index contributed by atoms with van der Waals surface area (Å²) in [5.74, 6) is 0. The van der Waals surface area contributed by atoms with E-state index in [1.807, 2.05) is 91.0 Å². The Kier molecular flexibility index (Phi) is 11.1. The number of hydrogen-bond acceptors (Lipinski definition) is 9. The van der Waals surface area contributed by atoms with Crippen LogP contribution in [0.25, 0.3) is 64.6 Å². The summed E-state index contributed by atoms with van der Waals surface area (Å²) in [5.41, 5.74) is 0. The molecule has 9 nitrogen and oxygen atoms in total. The van der Waals surface area contributed by atoms with E-state index in [1.54, 1.807) is 54.6 Å². The quantitative estimate of drug-likeness (QED) is 0.0960.